The molecule has 0 spiro atoms. The van der Waals surface area contributed by atoms with Crippen molar-refractivity contribution >= 4 is 40.7 Å². The maximum absolute atomic E-state index is 13.7. The van der Waals surface area contributed by atoms with Crippen molar-refractivity contribution in [2.24, 2.45) is 28.6 Å². The van der Waals surface area contributed by atoms with E-state index in [4.69, 9.17) is 4.74 Å². The van der Waals surface area contributed by atoms with Crippen LogP contribution < -0.4 is 0 Å². The topological polar surface area (TPSA) is 81.4 Å². The summed E-state index contributed by atoms with van der Waals surface area (Å²) in [5.41, 5.74) is 2.23. The molecule has 4 unspecified atom stereocenters. The number of ether oxygens (including phenoxy) is 1. The zero-order chi connectivity index (χ0) is 28.4. The first-order chi connectivity index (χ1) is 19.0. The van der Waals surface area contributed by atoms with Crippen LogP contribution >= 0.6 is 23.5 Å². The summed E-state index contributed by atoms with van der Waals surface area (Å²) in [5, 5.41) is 17.1. The van der Waals surface area contributed by atoms with Crippen LogP contribution in [0, 0.1) is 34.4 Å². The number of aromatic nitrogens is 2. The van der Waals surface area contributed by atoms with Crippen LogP contribution in [0.3, 0.4) is 0 Å². The van der Waals surface area contributed by atoms with Gasteiger partial charge in [0.1, 0.15) is 5.82 Å². The Hall–Kier alpha value is -2.10. The minimum absolute atomic E-state index is 0.0370. The van der Waals surface area contributed by atoms with E-state index in [9.17, 15) is 19.1 Å². The van der Waals surface area contributed by atoms with E-state index in [1.165, 1.54) is 36.4 Å². The van der Waals surface area contributed by atoms with E-state index < -0.39 is 23.1 Å². The Morgan fingerprint density at radius 3 is 2.67 bits per heavy atom. The predicted molar refractivity (Wildman–Crippen MR) is 156 cm³/mol. The highest BCUT2D eigenvalue weighted by Crippen LogP contribution is 2.68. The maximum Gasteiger partial charge on any atom is 0.303 e. The van der Waals surface area contributed by atoms with Gasteiger partial charge in [-0.25, -0.2) is 9.07 Å². The highest BCUT2D eigenvalue weighted by molar-refractivity contribution is 8.23. The molecule has 3 saturated carbocycles. The lowest BCUT2D eigenvalue weighted by Gasteiger charge is -2.60. The summed E-state index contributed by atoms with van der Waals surface area (Å²) in [6, 6.07) is 6.38. The van der Waals surface area contributed by atoms with Gasteiger partial charge in [0.2, 0.25) is 5.12 Å². The first kappa shape index (κ1) is 28.0. The molecule has 9 heteroatoms. The van der Waals surface area contributed by atoms with Crippen LogP contribution in [0.4, 0.5) is 4.39 Å². The molecule has 7 atom stereocenters. The molecule has 3 fully saturated rings. The Morgan fingerprint density at radius 1 is 1.23 bits per heavy atom. The SMILES string of the molecule is CSCSC(=O)C1(OC(C)=O)CC[C@H]2C3CCC4=Cc5c(cnn5-c5ccc(F)cc5)CC4(C)[C@H]3[C@@H](O)CC21C. The molecule has 0 aliphatic heterocycles. The number of aliphatic hydroxyl groups excluding tert-OH is 1. The molecule has 2 aromatic rings. The molecule has 40 heavy (non-hydrogen) atoms. The molecule has 1 N–H and O–H groups in total. The molecule has 0 bridgehead atoms. The Kier molecular flexibility index (Phi) is 7.02. The number of allylic oxidation sites excluding steroid dienone is 1. The van der Waals surface area contributed by atoms with Crippen LogP contribution in [0.25, 0.3) is 11.8 Å². The van der Waals surface area contributed by atoms with Gasteiger partial charge < -0.3 is 9.84 Å². The fraction of sp³-hybridized carbons (Fsp3) is 0.581. The van der Waals surface area contributed by atoms with Gasteiger partial charge in [0, 0.05) is 17.4 Å². The molecule has 4 aliphatic rings. The second kappa shape index (κ2) is 10.0. The maximum atomic E-state index is 13.7. The summed E-state index contributed by atoms with van der Waals surface area (Å²) in [6.45, 7) is 5.76. The number of hydrogen-bond donors (Lipinski definition) is 1. The second-order valence-corrected chi connectivity index (χ2v) is 14.7. The largest absolute Gasteiger partial charge is 0.450 e. The van der Waals surface area contributed by atoms with Gasteiger partial charge in [-0.1, -0.05) is 31.2 Å². The molecule has 6 rings (SSSR count). The minimum Gasteiger partial charge on any atom is -0.450 e. The van der Waals surface area contributed by atoms with Gasteiger partial charge in [-0.15, -0.1) is 0 Å². The average Bonchev–Trinajstić information content (AvgIpc) is 3.43. The third kappa shape index (κ3) is 4.05. The molecule has 4 aliphatic carbocycles. The van der Waals surface area contributed by atoms with Crippen molar-refractivity contribution in [3.05, 3.63) is 53.1 Å². The second-order valence-electron chi connectivity index (χ2n) is 12.5. The monoisotopic (exact) mass is 584 g/mol. The van der Waals surface area contributed by atoms with Gasteiger partial charge in [-0.3, -0.25) is 9.59 Å². The lowest BCUT2D eigenvalue weighted by Crippen LogP contribution is -2.62. The van der Waals surface area contributed by atoms with Crippen molar-refractivity contribution in [3.8, 4) is 5.69 Å². The minimum atomic E-state index is -1.21. The highest BCUT2D eigenvalue weighted by atomic mass is 32.2. The number of aliphatic hydroxyl groups is 1. The lowest BCUT2D eigenvalue weighted by molar-refractivity contribution is -0.195. The van der Waals surface area contributed by atoms with E-state index in [1.807, 2.05) is 17.1 Å². The molecular formula is C31H37FN2O4S2. The molecule has 1 aromatic heterocycles. The third-order valence-electron chi connectivity index (χ3n) is 10.6. The van der Waals surface area contributed by atoms with E-state index in [0.717, 1.165) is 42.6 Å². The quantitative estimate of drug-likeness (QED) is 0.339. The number of carbonyl (C=O) groups is 2. The van der Waals surface area contributed by atoms with Crippen molar-refractivity contribution < 1.29 is 23.8 Å². The molecule has 0 radical (unpaired) electrons. The first-order valence-electron chi connectivity index (χ1n) is 14.1. The normalized spacial score (nSPS) is 36.1. The number of benzene rings is 1. The van der Waals surface area contributed by atoms with E-state index in [2.05, 4.69) is 25.0 Å². The Labute approximate surface area is 243 Å². The van der Waals surface area contributed by atoms with Crippen molar-refractivity contribution in [3.63, 3.8) is 0 Å². The van der Waals surface area contributed by atoms with Crippen LogP contribution in [0.5, 0.6) is 0 Å². The third-order valence-corrected chi connectivity index (χ3v) is 12.6. The van der Waals surface area contributed by atoms with Gasteiger partial charge in [0.25, 0.3) is 0 Å². The fourth-order valence-corrected chi connectivity index (χ4v) is 10.5. The zero-order valence-corrected chi connectivity index (χ0v) is 25.1. The van der Waals surface area contributed by atoms with E-state index in [-0.39, 0.29) is 34.1 Å². The predicted octanol–water partition coefficient (Wildman–Crippen LogP) is 6.05. The summed E-state index contributed by atoms with van der Waals surface area (Å²) < 4.78 is 21.4. The summed E-state index contributed by atoms with van der Waals surface area (Å²) in [5.74, 6) is -0.270. The molecule has 1 aromatic carbocycles. The molecule has 0 amide bonds. The number of thioether (sulfide) groups is 2. The summed E-state index contributed by atoms with van der Waals surface area (Å²) >= 11 is 2.82. The van der Waals surface area contributed by atoms with Gasteiger partial charge in [0.05, 0.1) is 23.7 Å². The average molecular weight is 585 g/mol. The smallest absolute Gasteiger partial charge is 0.303 e. The van der Waals surface area contributed by atoms with Crippen LogP contribution in [0.15, 0.2) is 36.0 Å². The van der Waals surface area contributed by atoms with Crippen LogP contribution in [-0.2, 0) is 20.7 Å². The van der Waals surface area contributed by atoms with Crippen LogP contribution in [0.1, 0.15) is 64.1 Å². The summed E-state index contributed by atoms with van der Waals surface area (Å²) in [4.78, 5) is 26.1. The standard InChI is InChI=1S/C31H37FN2O4S2/c1-18(35)38-31(28(37)40-17-39-4)12-11-24-23-10-5-20-13-25-19(16-33-34(25)22-8-6-21(32)7-9-22)14-29(20,2)27(23)26(36)15-30(24,31)3/h6-9,13,16,23-24,26-27,36H,5,10-12,14-15,17H2,1-4H3/t23?,24-,26-,27+,29?,30?,31?/m0/s1. The lowest BCUT2D eigenvalue weighted by atomic mass is 9.45. The number of carbonyl (C=O) groups excluding carboxylic acids is 2. The number of fused-ring (bicyclic) bond motifs is 6. The number of hydrogen-bond acceptors (Lipinski definition) is 7. The number of halogens is 1. The summed E-state index contributed by atoms with van der Waals surface area (Å²) in [7, 11) is 0. The number of nitrogens with zero attached hydrogens (tertiary/aromatic N) is 2. The van der Waals surface area contributed by atoms with E-state index in [1.54, 1.807) is 23.9 Å². The Morgan fingerprint density at radius 2 is 1.98 bits per heavy atom. The van der Waals surface area contributed by atoms with Crippen molar-refractivity contribution in [1.82, 2.24) is 9.78 Å². The fourth-order valence-electron chi connectivity index (χ4n) is 8.98. The van der Waals surface area contributed by atoms with Gasteiger partial charge in [0.15, 0.2) is 5.60 Å². The Balaban J connectivity index is 1.35. The van der Waals surface area contributed by atoms with Crippen LogP contribution in [-0.4, -0.2) is 49.0 Å². The number of rotatable bonds is 5. The van der Waals surface area contributed by atoms with E-state index >= 15 is 0 Å². The molecule has 6 nitrogen and oxygen atoms in total. The Bertz CT molecular complexity index is 1380. The molecule has 214 valence electrons. The van der Waals surface area contributed by atoms with Gasteiger partial charge in [-0.05, 0) is 104 Å². The van der Waals surface area contributed by atoms with Crippen LogP contribution in [0.2, 0.25) is 0 Å². The van der Waals surface area contributed by atoms with Gasteiger partial charge in [-0.2, -0.15) is 16.9 Å². The van der Waals surface area contributed by atoms with E-state index in [0.29, 0.717) is 17.9 Å². The number of esters is 1. The first-order valence-corrected chi connectivity index (χ1v) is 16.5. The van der Waals surface area contributed by atoms with Crippen molar-refractivity contribution in [2.45, 2.75) is 71.0 Å². The summed E-state index contributed by atoms with van der Waals surface area (Å²) in [6.07, 6.45) is 9.84. The van der Waals surface area contributed by atoms with Crippen molar-refractivity contribution in [1.29, 1.82) is 0 Å². The zero-order valence-electron chi connectivity index (χ0n) is 23.5. The molecule has 1 heterocycles. The van der Waals surface area contributed by atoms with Gasteiger partial charge >= 0.3 is 5.97 Å². The van der Waals surface area contributed by atoms with Crippen molar-refractivity contribution in [2.75, 3.05) is 11.3 Å². The molecular weight excluding hydrogens is 547 g/mol. The molecule has 0 saturated heterocycles. The highest BCUT2D eigenvalue weighted by Gasteiger charge is 2.70.